The lowest BCUT2D eigenvalue weighted by atomic mass is 10.0. The van der Waals surface area contributed by atoms with Gasteiger partial charge in [0, 0.05) is 44.7 Å². The number of carbonyl (C=O) groups is 1. The molecular formula is C20H25N5O4S. The lowest BCUT2D eigenvalue weighted by molar-refractivity contribution is -0.130. The van der Waals surface area contributed by atoms with Crippen molar-refractivity contribution in [3.05, 3.63) is 34.5 Å². The fourth-order valence-electron chi connectivity index (χ4n) is 3.87. The zero-order valence-corrected chi connectivity index (χ0v) is 18.3. The fourth-order valence-corrected chi connectivity index (χ4v) is 5.02. The van der Waals surface area contributed by atoms with Crippen LogP contribution in [0.3, 0.4) is 0 Å². The quantitative estimate of drug-likeness (QED) is 0.661. The van der Waals surface area contributed by atoms with Gasteiger partial charge in [-0.2, -0.15) is 4.52 Å². The third-order valence-electron chi connectivity index (χ3n) is 5.41. The Labute approximate surface area is 178 Å². The van der Waals surface area contributed by atoms with E-state index in [-0.39, 0.29) is 17.8 Å². The third-order valence-corrected chi connectivity index (χ3v) is 6.49. The molecule has 1 aromatic carbocycles. The second-order valence-electron chi connectivity index (χ2n) is 7.20. The number of rotatable bonds is 5. The van der Waals surface area contributed by atoms with Crippen molar-refractivity contribution in [2.75, 3.05) is 40.4 Å². The molecule has 0 bridgehead atoms. The van der Waals surface area contributed by atoms with E-state index in [1.54, 1.807) is 28.1 Å². The van der Waals surface area contributed by atoms with Gasteiger partial charge in [-0.3, -0.25) is 9.69 Å². The molecular weight excluding hydrogens is 406 g/mol. The van der Waals surface area contributed by atoms with Crippen LogP contribution in [0.15, 0.2) is 18.2 Å². The van der Waals surface area contributed by atoms with E-state index in [4.69, 9.17) is 9.47 Å². The molecule has 0 saturated carbocycles. The summed E-state index contributed by atoms with van der Waals surface area (Å²) in [5.74, 6) is 2.12. The molecule has 1 saturated heterocycles. The molecule has 1 aliphatic rings. The Morgan fingerprint density at radius 2 is 1.93 bits per heavy atom. The van der Waals surface area contributed by atoms with Gasteiger partial charge in [0.25, 0.3) is 0 Å². The van der Waals surface area contributed by atoms with Gasteiger partial charge in [0.15, 0.2) is 0 Å². The number of carbonyl (C=O) groups excluding carboxylic acids is 1. The molecule has 4 rings (SSSR count). The fraction of sp³-hybridized carbons (Fsp3) is 0.450. The largest absolute Gasteiger partial charge is 0.497 e. The van der Waals surface area contributed by atoms with E-state index in [2.05, 4.69) is 15.0 Å². The highest BCUT2D eigenvalue weighted by atomic mass is 32.1. The Balaban J connectivity index is 1.80. The molecule has 0 spiro atoms. The number of fused-ring (bicyclic) bond motifs is 1. The zero-order valence-electron chi connectivity index (χ0n) is 17.5. The molecule has 1 atom stereocenters. The van der Waals surface area contributed by atoms with E-state index >= 15 is 0 Å². The minimum Gasteiger partial charge on any atom is -0.497 e. The van der Waals surface area contributed by atoms with Gasteiger partial charge in [0.1, 0.15) is 17.3 Å². The molecule has 1 aliphatic heterocycles. The number of aryl methyl sites for hydroxylation is 1. The first kappa shape index (κ1) is 20.4. The minimum atomic E-state index is -0.270. The van der Waals surface area contributed by atoms with Crippen LogP contribution in [0.1, 0.15) is 29.2 Å². The maximum Gasteiger partial charge on any atom is 0.230 e. The molecule has 3 heterocycles. The van der Waals surface area contributed by atoms with E-state index in [1.807, 2.05) is 23.1 Å². The first-order valence-corrected chi connectivity index (χ1v) is 10.5. The topological polar surface area (TPSA) is 92.4 Å². The van der Waals surface area contributed by atoms with E-state index in [0.29, 0.717) is 48.5 Å². The van der Waals surface area contributed by atoms with E-state index in [1.165, 1.54) is 15.9 Å². The summed E-state index contributed by atoms with van der Waals surface area (Å²) in [5, 5.41) is 15.3. The highest BCUT2D eigenvalue weighted by molar-refractivity contribution is 7.17. The number of benzene rings is 1. The Hall–Kier alpha value is -2.85. The predicted molar refractivity (Wildman–Crippen MR) is 112 cm³/mol. The van der Waals surface area contributed by atoms with Crippen LogP contribution in [-0.2, 0) is 4.79 Å². The lowest BCUT2D eigenvalue weighted by Gasteiger charge is -2.39. The highest BCUT2D eigenvalue weighted by Crippen LogP contribution is 2.43. The first-order chi connectivity index (χ1) is 14.4. The number of hydrogen-bond acceptors (Lipinski definition) is 8. The van der Waals surface area contributed by atoms with Crippen molar-refractivity contribution in [2.45, 2.75) is 19.9 Å². The van der Waals surface area contributed by atoms with Crippen molar-refractivity contribution >= 4 is 22.2 Å². The number of aromatic hydroxyl groups is 1. The summed E-state index contributed by atoms with van der Waals surface area (Å²) < 4.78 is 12.5. The number of nitrogens with zero attached hydrogens (tertiary/aromatic N) is 5. The summed E-state index contributed by atoms with van der Waals surface area (Å²) >= 11 is 1.41. The van der Waals surface area contributed by atoms with Crippen LogP contribution in [0, 0.1) is 6.92 Å². The van der Waals surface area contributed by atoms with Crippen molar-refractivity contribution in [3.63, 3.8) is 0 Å². The predicted octanol–water partition coefficient (Wildman–Crippen LogP) is 2.08. The first-order valence-electron chi connectivity index (χ1n) is 9.69. The Bertz CT molecular complexity index is 1070. The monoisotopic (exact) mass is 431 g/mol. The number of aromatic nitrogens is 3. The van der Waals surface area contributed by atoms with Gasteiger partial charge in [-0.1, -0.05) is 11.3 Å². The van der Waals surface area contributed by atoms with Gasteiger partial charge in [-0.05, 0) is 19.1 Å². The van der Waals surface area contributed by atoms with Gasteiger partial charge in [0.05, 0.1) is 25.1 Å². The maximum absolute atomic E-state index is 11.8. The summed E-state index contributed by atoms with van der Waals surface area (Å²) in [5.41, 5.74) is 0.908. The average molecular weight is 432 g/mol. The van der Waals surface area contributed by atoms with Gasteiger partial charge < -0.3 is 19.5 Å². The summed E-state index contributed by atoms with van der Waals surface area (Å²) in [4.78, 5) is 21.6. The lowest BCUT2D eigenvalue weighted by Crippen LogP contribution is -2.49. The highest BCUT2D eigenvalue weighted by Gasteiger charge is 2.34. The molecule has 1 fully saturated rings. The summed E-state index contributed by atoms with van der Waals surface area (Å²) in [6.45, 7) is 5.99. The smallest absolute Gasteiger partial charge is 0.230 e. The molecule has 160 valence electrons. The Morgan fingerprint density at radius 1 is 1.20 bits per heavy atom. The standard InChI is InChI=1S/C20H25N5O4S/c1-12-21-20-25(22-12)19(27)18(30-20)17(24-9-7-23(8-10-24)13(2)26)15-6-5-14(28-3)11-16(15)29-4/h5-6,11,17,27H,7-10H2,1-4H3/t17-/m1/s1. The van der Waals surface area contributed by atoms with Gasteiger partial charge in [-0.15, -0.1) is 5.10 Å². The van der Waals surface area contributed by atoms with Crippen molar-refractivity contribution in [1.82, 2.24) is 24.4 Å². The molecule has 9 nitrogen and oxygen atoms in total. The van der Waals surface area contributed by atoms with Crippen molar-refractivity contribution in [1.29, 1.82) is 0 Å². The number of thiazole rings is 1. The average Bonchev–Trinajstić information content (AvgIpc) is 3.26. The van der Waals surface area contributed by atoms with Crippen LogP contribution in [0.2, 0.25) is 0 Å². The normalized spacial score (nSPS) is 16.1. The van der Waals surface area contributed by atoms with Gasteiger partial charge >= 0.3 is 0 Å². The van der Waals surface area contributed by atoms with Crippen LogP contribution >= 0.6 is 11.3 Å². The Kier molecular flexibility index (Phi) is 5.52. The summed E-state index contributed by atoms with van der Waals surface area (Å²) in [6.07, 6.45) is 0. The molecule has 1 N–H and O–H groups in total. The van der Waals surface area contributed by atoms with Gasteiger partial charge in [-0.25, -0.2) is 4.98 Å². The van der Waals surface area contributed by atoms with Crippen LogP contribution in [0.4, 0.5) is 0 Å². The SMILES string of the molecule is COc1ccc([C@H](c2sc3nc(C)nn3c2O)N2CCN(C(C)=O)CC2)c(OC)c1. The van der Waals surface area contributed by atoms with Crippen LogP contribution in [0.5, 0.6) is 17.4 Å². The van der Waals surface area contributed by atoms with Crippen LogP contribution < -0.4 is 9.47 Å². The minimum absolute atomic E-state index is 0.0744. The molecule has 3 aromatic rings. The number of ether oxygens (including phenoxy) is 2. The maximum atomic E-state index is 11.8. The molecule has 1 amide bonds. The van der Waals surface area contributed by atoms with Crippen molar-refractivity contribution < 1.29 is 19.4 Å². The van der Waals surface area contributed by atoms with E-state index in [9.17, 15) is 9.90 Å². The van der Waals surface area contributed by atoms with E-state index < -0.39 is 0 Å². The second-order valence-corrected chi connectivity index (χ2v) is 8.20. The van der Waals surface area contributed by atoms with E-state index in [0.717, 1.165) is 10.4 Å². The summed E-state index contributed by atoms with van der Waals surface area (Å²) in [7, 11) is 3.23. The molecule has 30 heavy (non-hydrogen) atoms. The molecule has 0 radical (unpaired) electrons. The summed E-state index contributed by atoms with van der Waals surface area (Å²) in [6, 6.07) is 5.41. The molecule has 0 unspecified atom stereocenters. The van der Waals surface area contributed by atoms with Crippen LogP contribution in [-0.4, -0.2) is 75.8 Å². The Morgan fingerprint density at radius 3 is 2.53 bits per heavy atom. The molecule has 10 heteroatoms. The number of amides is 1. The van der Waals surface area contributed by atoms with Crippen molar-refractivity contribution in [3.8, 4) is 17.4 Å². The second kappa shape index (κ2) is 8.11. The van der Waals surface area contributed by atoms with Gasteiger partial charge in [0.2, 0.25) is 16.7 Å². The molecule has 2 aromatic heterocycles. The van der Waals surface area contributed by atoms with Crippen molar-refractivity contribution in [2.24, 2.45) is 0 Å². The molecule has 0 aliphatic carbocycles. The number of piperazine rings is 1. The number of hydrogen-bond donors (Lipinski definition) is 1. The number of methoxy groups -OCH3 is 2. The van der Waals surface area contributed by atoms with Crippen LogP contribution in [0.25, 0.3) is 4.96 Å². The zero-order chi connectivity index (χ0) is 21.4. The third kappa shape index (κ3) is 3.56.